The molecule has 0 radical (unpaired) electrons. The van der Waals surface area contributed by atoms with Crippen molar-refractivity contribution in [3.63, 3.8) is 0 Å². The van der Waals surface area contributed by atoms with Crippen molar-refractivity contribution in [2.24, 2.45) is 0 Å². The van der Waals surface area contributed by atoms with E-state index in [0.29, 0.717) is 0 Å². The summed E-state index contributed by atoms with van der Waals surface area (Å²) in [6.45, 7) is 0. The number of hydrogen-bond acceptors (Lipinski definition) is 1. The van der Waals surface area contributed by atoms with Crippen LogP contribution in [0.15, 0.2) is 164 Å². The van der Waals surface area contributed by atoms with Gasteiger partial charge in [-0.15, -0.1) is 0 Å². The summed E-state index contributed by atoms with van der Waals surface area (Å²) < 4.78 is 5.05. The van der Waals surface area contributed by atoms with E-state index in [2.05, 4.69) is 177 Å². The van der Waals surface area contributed by atoms with E-state index in [0.717, 1.165) is 17.1 Å². The minimum Gasteiger partial charge on any atom is -0.308 e. The summed E-state index contributed by atoms with van der Waals surface area (Å²) in [5.74, 6) is 0. The van der Waals surface area contributed by atoms with E-state index >= 15 is 0 Å². The highest BCUT2D eigenvalue weighted by atomic mass is 15.2. The lowest BCUT2D eigenvalue weighted by Crippen LogP contribution is -2.10. The molecule has 0 atom stereocenters. The van der Waals surface area contributed by atoms with Gasteiger partial charge in [0.05, 0.1) is 38.8 Å². The van der Waals surface area contributed by atoms with E-state index in [1.807, 2.05) is 0 Å². The molecule has 0 aliphatic heterocycles. The van der Waals surface area contributed by atoms with Crippen LogP contribution in [-0.2, 0) is 0 Å². The monoisotopic (exact) mass is 621 g/mol. The zero-order chi connectivity index (χ0) is 31.8. The zero-order valence-electron chi connectivity index (χ0n) is 26.4. The predicted octanol–water partition coefficient (Wildman–Crippen LogP) is 12.6. The van der Waals surface area contributed by atoms with Crippen LogP contribution in [0.4, 0.5) is 17.1 Å². The molecule has 0 saturated heterocycles. The van der Waals surface area contributed by atoms with Gasteiger partial charge in [-0.2, -0.15) is 0 Å². The topological polar surface area (TPSA) is 12.1 Å². The molecule has 4 aromatic heterocycles. The standard InChI is InChI=1S/C46H27N3/c1-3-12-28(13-4-1)47(29-14-5-2-6-15-29)41-23-11-20-35-33-18-9-19-34-37-25-24-31-36(44(37)49(43(33)34)46(35)41)26-27-40-42(31)38-21-10-17-32-30-16-7-8-22-39(30)48(40)45(32)38/h1-27H. The molecule has 3 nitrogen and oxygen atoms in total. The summed E-state index contributed by atoms with van der Waals surface area (Å²) in [7, 11) is 0. The second-order valence-electron chi connectivity index (χ2n) is 13.3. The Labute approximate surface area is 280 Å². The Morgan fingerprint density at radius 3 is 1.47 bits per heavy atom. The third-order valence-electron chi connectivity index (χ3n) is 10.9. The van der Waals surface area contributed by atoms with E-state index in [4.69, 9.17) is 0 Å². The molecule has 0 aliphatic carbocycles. The van der Waals surface area contributed by atoms with Crippen molar-refractivity contribution < 1.29 is 0 Å². The first-order valence-corrected chi connectivity index (χ1v) is 17.0. The van der Waals surface area contributed by atoms with Gasteiger partial charge in [-0.05, 0) is 47.9 Å². The molecule has 4 heterocycles. The Balaban J connectivity index is 1.28. The Kier molecular flexibility index (Phi) is 4.72. The van der Waals surface area contributed by atoms with Gasteiger partial charge in [0.25, 0.3) is 0 Å². The molecule has 0 N–H and O–H groups in total. The van der Waals surface area contributed by atoms with Crippen molar-refractivity contribution in [2.75, 3.05) is 4.90 Å². The lowest BCUT2D eigenvalue weighted by molar-refractivity contribution is 1.27. The molecule has 0 spiro atoms. The lowest BCUT2D eigenvalue weighted by Gasteiger charge is -2.26. The van der Waals surface area contributed by atoms with Crippen LogP contribution < -0.4 is 4.90 Å². The molecule has 0 saturated carbocycles. The van der Waals surface area contributed by atoms with Gasteiger partial charge in [0.2, 0.25) is 0 Å². The van der Waals surface area contributed by atoms with Crippen LogP contribution in [0.25, 0.3) is 87.0 Å². The average molecular weight is 622 g/mol. The molecular weight excluding hydrogens is 595 g/mol. The van der Waals surface area contributed by atoms with E-state index in [9.17, 15) is 0 Å². The van der Waals surface area contributed by atoms with Crippen LogP contribution in [0.2, 0.25) is 0 Å². The quantitative estimate of drug-likeness (QED) is 0.191. The van der Waals surface area contributed by atoms with Crippen LogP contribution in [0.1, 0.15) is 0 Å². The number of fused-ring (bicyclic) bond motifs is 15. The van der Waals surface area contributed by atoms with Gasteiger partial charge in [0.1, 0.15) is 0 Å². The molecule has 49 heavy (non-hydrogen) atoms. The Hall–Kier alpha value is -6.58. The zero-order valence-corrected chi connectivity index (χ0v) is 26.4. The fraction of sp³-hybridized carbons (Fsp3) is 0. The van der Waals surface area contributed by atoms with Crippen molar-refractivity contribution in [1.82, 2.24) is 8.80 Å². The number of para-hydroxylation sites is 6. The fourth-order valence-corrected chi connectivity index (χ4v) is 9.08. The summed E-state index contributed by atoms with van der Waals surface area (Å²) in [6, 6.07) is 60.2. The lowest BCUT2D eigenvalue weighted by atomic mass is 9.99. The Morgan fingerprint density at radius 2 is 0.755 bits per heavy atom. The summed E-state index contributed by atoms with van der Waals surface area (Å²) in [4.78, 5) is 2.41. The van der Waals surface area contributed by atoms with Crippen molar-refractivity contribution >= 4 is 104 Å². The van der Waals surface area contributed by atoms with Gasteiger partial charge >= 0.3 is 0 Å². The van der Waals surface area contributed by atoms with Crippen molar-refractivity contribution in [3.8, 4) is 0 Å². The van der Waals surface area contributed by atoms with Gasteiger partial charge in [0, 0.05) is 59.9 Å². The summed E-state index contributed by atoms with van der Waals surface area (Å²) in [6.07, 6.45) is 0. The first kappa shape index (κ1) is 25.5. The SMILES string of the molecule is c1ccc(N(c2ccccc2)c2cccc3c4cccc5c6ccc7c(ccc8c7c7cccc9c%10ccccc%10n8c97)c6n(c23)c45)cc1. The minimum atomic E-state index is 1.13. The van der Waals surface area contributed by atoms with E-state index in [1.165, 1.54) is 87.0 Å². The van der Waals surface area contributed by atoms with Crippen LogP contribution in [0.5, 0.6) is 0 Å². The molecule has 0 fully saturated rings. The van der Waals surface area contributed by atoms with Crippen molar-refractivity contribution in [3.05, 3.63) is 164 Å². The molecule has 12 aromatic rings. The molecule has 0 bridgehead atoms. The van der Waals surface area contributed by atoms with Crippen molar-refractivity contribution in [1.29, 1.82) is 0 Å². The molecule has 12 rings (SSSR count). The highest BCUT2D eigenvalue weighted by Crippen LogP contribution is 2.48. The predicted molar refractivity (Wildman–Crippen MR) is 208 cm³/mol. The molecular formula is C46H27N3. The summed E-state index contributed by atoms with van der Waals surface area (Å²) >= 11 is 0. The molecule has 8 aromatic carbocycles. The summed E-state index contributed by atoms with van der Waals surface area (Å²) in [5, 5.41) is 13.0. The third-order valence-corrected chi connectivity index (χ3v) is 10.9. The third kappa shape index (κ3) is 3.09. The van der Waals surface area contributed by atoms with Crippen molar-refractivity contribution in [2.45, 2.75) is 0 Å². The molecule has 0 unspecified atom stereocenters. The summed E-state index contributed by atoms with van der Waals surface area (Å²) in [5.41, 5.74) is 11.0. The first-order valence-electron chi connectivity index (χ1n) is 17.0. The maximum atomic E-state index is 2.57. The number of hydrogen-bond donors (Lipinski definition) is 0. The number of benzene rings is 8. The van der Waals surface area contributed by atoms with Gasteiger partial charge in [-0.1, -0.05) is 121 Å². The number of anilines is 3. The maximum absolute atomic E-state index is 2.57. The molecule has 226 valence electrons. The minimum absolute atomic E-state index is 1.13. The molecule has 0 aliphatic rings. The second kappa shape index (κ2) is 9.06. The van der Waals surface area contributed by atoms with Crippen LogP contribution >= 0.6 is 0 Å². The number of rotatable bonds is 3. The molecule has 0 amide bonds. The first-order chi connectivity index (χ1) is 24.4. The van der Waals surface area contributed by atoms with E-state index in [-0.39, 0.29) is 0 Å². The Morgan fingerprint density at radius 1 is 0.286 bits per heavy atom. The maximum Gasteiger partial charge on any atom is 0.0783 e. The fourth-order valence-electron chi connectivity index (χ4n) is 9.08. The van der Waals surface area contributed by atoms with Crippen LogP contribution in [0.3, 0.4) is 0 Å². The smallest absolute Gasteiger partial charge is 0.0783 e. The van der Waals surface area contributed by atoms with Gasteiger partial charge < -0.3 is 13.7 Å². The van der Waals surface area contributed by atoms with Crippen LogP contribution in [-0.4, -0.2) is 8.80 Å². The largest absolute Gasteiger partial charge is 0.308 e. The van der Waals surface area contributed by atoms with Gasteiger partial charge in [0.15, 0.2) is 0 Å². The average Bonchev–Trinajstić information content (AvgIpc) is 3.90. The van der Waals surface area contributed by atoms with E-state index < -0.39 is 0 Å². The molecule has 3 heteroatoms. The number of aromatic nitrogens is 2. The normalized spacial score (nSPS) is 12.5. The number of nitrogens with zero attached hydrogens (tertiary/aromatic N) is 3. The van der Waals surface area contributed by atoms with E-state index in [1.54, 1.807) is 0 Å². The highest BCUT2D eigenvalue weighted by Gasteiger charge is 2.25. The van der Waals surface area contributed by atoms with Gasteiger partial charge in [-0.3, -0.25) is 0 Å². The Bertz CT molecular complexity index is 3220. The van der Waals surface area contributed by atoms with Gasteiger partial charge in [-0.25, -0.2) is 0 Å². The van der Waals surface area contributed by atoms with Crippen LogP contribution in [0, 0.1) is 0 Å². The highest BCUT2D eigenvalue weighted by molar-refractivity contribution is 6.34. The second-order valence-corrected chi connectivity index (χ2v) is 13.3.